The van der Waals surface area contributed by atoms with Crippen LogP contribution in [0.5, 0.6) is 0 Å². The molecule has 1 saturated heterocycles. The van der Waals surface area contributed by atoms with Gasteiger partial charge in [-0.2, -0.15) is 0 Å². The van der Waals surface area contributed by atoms with Crippen molar-refractivity contribution in [2.75, 3.05) is 37.8 Å². The van der Waals surface area contributed by atoms with Crippen LogP contribution in [0.15, 0.2) is 41.6 Å². The number of hydrogen-bond donors (Lipinski definition) is 1. The minimum Gasteiger partial charge on any atom is -0.339 e. The first-order chi connectivity index (χ1) is 14.5. The van der Waals surface area contributed by atoms with Crippen LogP contribution in [0.4, 0.5) is 4.39 Å². The highest BCUT2D eigenvalue weighted by Gasteiger charge is 2.22. The van der Waals surface area contributed by atoms with Gasteiger partial charge in [0.2, 0.25) is 11.1 Å². The first kappa shape index (κ1) is 21.1. The lowest BCUT2D eigenvalue weighted by Gasteiger charge is -2.34. The topological polar surface area (TPSA) is 80.3 Å². The van der Waals surface area contributed by atoms with Crippen molar-refractivity contribution < 1.29 is 9.18 Å². The predicted octanol–water partition coefficient (Wildman–Crippen LogP) is 2.95. The third-order valence-electron chi connectivity index (χ3n) is 4.82. The highest BCUT2D eigenvalue weighted by molar-refractivity contribution is 7.99. The van der Waals surface area contributed by atoms with Gasteiger partial charge in [0, 0.05) is 43.2 Å². The van der Waals surface area contributed by atoms with Crippen LogP contribution in [-0.2, 0) is 11.3 Å². The van der Waals surface area contributed by atoms with E-state index in [-0.39, 0.29) is 17.5 Å². The van der Waals surface area contributed by atoms with Crippen LogP contribution in [0, 0.1) is 5.82 Å². The summed E-state index contributed by atoms with van der Waals surface area (Å²) in [7, 11) is 0. The second-order valence-electron chi connectivity index (χ2n) is 6.83. The molecule has 3 aromatic rings. The first-order valence-electron chi connectivity index (χ1n) is 9.33. The third-order valence-corrected chi connectivity index (χ3v) is 6.97. The number of thiophene rings is 1. The molecule has 0 saturated carbocycles. The molecule has 0 radical (unpaired) electrons. The largest absolute Gasteiger partial charge is 0.339 e. The van der Waals surface area contributed by atoms with Gasteiger partial charge in [0.25, 0.3) is 0 Å². The number of carbonyl (C=O) groups is 1. The number of amides is 1. The van der Waals surface area contributed by atoms with Crippen molar-refractivity contribution in [1.82, 2.24) is 24.7 Å². The second kappa shape index (κ2) is 9.34. The van der Waals surface area contributed by atoms with E-state index in [0.717, 1.165) is 24.0 Å². The summed E-state index contributed by atoms with van der Waals surface area (Å²) in [5, 5.41) is 8.56. The molecule has 1 aromatic carbocycles. The van der Waals surface area contributed by atoms with Gasteiger partial charge in [-0.1, -0.05) is 23.4 Å². The van der Waals surface area contributed by atoms with Gasteiger partial charge in [0.15, 0.2) is 5.82 Å². The van der Waals surface area contributed by atoms with E-state index in [0.29, 0.717) is 29.6 Å². The van der Waals surface area contributed by atoms with Crippen LogP contribution < -0.4 is 5.84 Å². The maximum absolute atomic E-state index is 13.1. The highest BCUT2D eigenvalue weighted by Crippen LogP contribution is 2.24. The minimum absolute atomic E-state index is 0.0464. The van der Waals surface area contributed by atoms with Gasteiger partial charge in [-0.05, 0) is 36.4 Å². The van der Waals surface area contributed by atoms with Crippen LogP contribution >= 0.6 is 34.7 Å². The average molecular weight is 467 g/mol. The van der Waals surface area contributed by atoms with Crippen molar-refractivity contribution in [2.24, 2.45) is 0 Å². The number of benzene rings is 1. The molecule has 0 aliphatic carbocycles. The zero-order valence-corrected chi connectivity index (χ0v) is 18.4. The summed E-state index contributed by atoms with van der Waals surface area (Å²) in [6.07, 6.45) is 0. The molecular formula is C19H20ClFN6OS2. The summed E-state index contributed by atoms with van der Waals surface area (Å²) in [5.41, 5.74) is 0.660. The third kappa shape index (κ3) is 4.94. The molecule has 0 bridgehead atoms. The molecule has 0 unspecified atom stereocenters. The molecule has 1 aliphatic rings. The number of aromatic nitrogens is 3. The van der Waals surface area contributed by atoms with E-state index in [1.54, 1.807) is 23.5 Å². The normalized spacial score (nSPS) is 14.9. The van der Waals surface area contributed by atoms with Gasteiger partial charge in [0.1, 0.15) is 5.82 Å². The molecule has 0 spiro atoms. The molecule has 1 fully saturated rings. The fraction of sp³-hybridized carbons (Fsp3) is 0.316. The monoisotopic (exact) mass is 466 g/mol. The standard InChI is InChI=1S/C19H20ClFN6OS2/c20-16-6-5-15(30-16)11-25-7-9-26(10-8-25)17(28)12-29-19-24-23-18(27(19)22)13-1-3-14(21)4-2-13/h1-6H,7-12,22H2. The molecule has 3 heterocycles. The molecule has 1 amide bonds. The Hall–Kier alpha value is -2.14. The lowest BCUT2D eigenvalue weighted by Crippen LogP contribution is -2.48. The predicted molar refractivity (Wildman–Crippen MR) is 117 cm³/mol. The molecule has 30 heavy (non-hydrogen) atoms. The Kier molecular flexibility index (Phi) is 6.57. The number of nitrogens with zero attached hydrogens (tertiary/aromatic N) is 5. The van der Waals surface area contributed by atoms with Crippen LogP contribution in [-0.4, -0.2) is 62.5 Å². The van der Waals surface area contributed by atoms with E-state index in [4.69, 9.17) is 17.4 Å². The molecule has 0 atom stereocenters. The van der Waals surface area contributed by atoms with Crippen LogP contribution in [0.1, 0.15) is 4.88 Å². The summed E-state index contributed by atoms with van der Waals surface area (Å²) >= 11 is 8.83. The Labute approximate surface area is 186 Å². The number of piperazine rings is 1. The molecule has 2 aromatic heterocycles. The van der Waals surface area contributed by atoms with Gasteiger partial charge in [0.05, 0.1) is 10.1 Å². The van der Waals surface area contributed by atoms with E-state index >= 15 is 0 Å². The number of halogens is 2. The number of thioether (sulfide) groups is 1. The van der Waals surface area contributed by atoms with Crippen LogP contribution in [0.3, 0.4) is 0 Å². The molecular weight excluding hydrogens is 447 g/mol. The Balaban J connectivity index is 1.28. The van der Waals surface area contributed by atoms with Gasteiger partial charge in [-0.15, -0.1) is 21.5 Å². The maximum Gasteiger partial charge on any atom is 0.233 e. The van der Waals surface area contributed by atoms with E-state index < -0.39 is 0 Å². The van der Waals surface area contributed by atoms with Crippen LogP contribution in [0.2, 0.25) is 4.34 Å². The number of carbonyl (C=O) groups excluding carboxylic acids is 1. The summed E-state index contributed by atoms with van der Waals surface area (Å²) in [6, 6.07) is 9.82. The number of rotatable bonds is 6. The van der Waals surface area contributed by atoms with Gasteiger partial charge in [-0.3, -0.25) is 9.69 Å². The zero-order valence-electron chi connectivity index (χ0n) is 16.0. The zero-order chi connectivity index (χ0) is 21.1. The van der Waals surface area contributed by atoms with E-state index in [1.807, 2.05) is 17.0 Å². The fourth-order valence-electron chi connectivity index (χ4n) is 3.20. The lowest BCUT2D eigenvalue weighted by atomic mass is 10.2. The fourth-order valence-corrected chi connectivity index (χ4v) is 5.09. The molecule has 2 N–H and O–H groups in total. The summed E-state index contributed by atoms with van der Waals surface area (Å²) < 4.78 is 15.2. The van der Waals surface area contributed by atoms with Crippen molar-refractivity contribution in [2.45, 2.75) is 11.7 Å². The van der Waals surface area contributed by atoms with Gasteiger partial charge >= 0.3 is 0 Å². The SMILES string of the molecule is Nn1c(SCC(=O)N2CCN(Cc3ccc(Cl)s3)CC2)nnc1-c1ccc(F)cc1. The lowest BCUT2D eigenvalue weighted by molar-refractivity contribution is -0.130. The molecule has 158 valence electrons. The average Bonchev–Trinajstić information content (AvgIpc) is 3.32. The molecule has 11 heteroatoms. The van der Waals surface area contributed by atoms with Crippen molar-refractivity contribution in [1.29, 1.82) is 0 Å². The number of nitrogens with two attached hydrogens (primary N) is 1. The van der Waals surface area contributed by atoms with Crippen molar-refractivity contribution in [3.63, 3.8) is 0 Å². The Morgan fingerprint density at radius 3 is 2.53 bits per heavy atom. The molecule has 7 nitrogen and oxygen atoms in total. The Morgan fingerprint density at radius 2 is 1.87 bits per heavy atom. The second-order valence-corrected chi connectivity index (χ2v) is 9.58. The summed E-state index contributed by atoms with van der Waals surface area (Å²) in [5.74, 6) is 6.44. The van der Waals surface area contributed by atoms with E-state index in [1.165, 1.54) is 33.4 Å². The van der Waals surface area contributed by atoms with Crippen LogP contribution in [0.25, 0.3) is 11.4 Å². The Morgan fingerprint density at radius 1 is 1.13 bits per heavy atom. The van der Waals surface area contributed by atoms with E-state index in [9.17, 15) is 9.18 Å². The van der Waals surface area contributed by atoms with Crippen molar-refractivity contribution in [3.05, 3.63) is 51.4 Å². The minimum atomic E-state index is -0.332. The quantitative estimate of drug-likeness (QED) is 0.444. The van der Waals surface area contributed by atoms with E-state index in [2.05, 4.69) is 15.1 Å². The van der Waals surface area contributed by atoms with Gasteiger partial charge in [-0.25, -0.2) is 9.07 Å². The smallest absolute Gasteiger partial charge is 0.233 e. The summed E-state index contributed by atoms with van der Waals surface area (Å²) in [6.45, 7) is 3.89. The first-order valence-corrected chi connectivity index (χ1v) is 11.5. The highest BCUT2D eigenvalue weighted by atomic mass is 35.5. The van der Waals surface area contributed by atoms with Crippen molar-refractivity contribution in [3.8, 4) is 11.4 Å². The Bertz CT molecular complexity index is 1020. The number of hydrogen-bond acceptors (Lipinski definition) is 7. The van der Waals surface area contributed by atoms with Crippen molar-refractivity contribution >= 4 is 40.6 Å². The molecule has 4 rings (SSSR count). The maximum atomic E-state index is 13.1. The summed E-state index contributed by atoms with van der Waals surface area (Å²) in [4.78, 5) is 18.0. The number of nitrogen functional groups attached to an aromatic ring is 1. The molecule has 1 aliphatic heterocycles. The van der Waals surface area contributed by atoms with Gasteiger partial charge < -0.3 is 10.7 Å².